The van der Waals surface area contributed by atoms with E-state index in [4.69, 9.17) is 4.74 Å². The van der Waals surface area contributed by atoms with E-state index >= 15 is 4.39 Å². The third kappa shape index (κ3) is 3.13. The number of hydrogen-bond acceptors (Lipinski definition) is 5. The van der Waals surface area contributed by atoms with Crippen LogP contribution in [-0.2, 0) is 0 Å². The summed E-state index contributed by atoms with van der Waals surface area (Å²) in [7, 11) is 0. The van der Waals surface area contributed by atoms with Crippen molar-refractivity contribution in [2.24, 2.45) is 0 Å². The molecule has 34 heavy (non-hydrogen) atoms. The molecule has 0 amide bonds. The number of likely N-dealkylation sites (tertiary alicyclic amines) is 1. The largest absolute Gasteiger partial charge is 0.477 e. The van der Waals surface area contributed by atoms with Gasteiger partial charge in [-0.15, -0.1) is 0 Å². The Hall–Kier alpha value is -3.91. The van der Waals surface area contributed by atoms with Gasteiger partial charge in [-0.3, -0.25) is 4.79 Å². The monoisotopic (exact) mass is 459 g/mol. The summed E-state index contributed by atoms with van der Waals surface area (Å²) in [5.41, 5.74) is -0.0540. The fraction of sp³-hybridized carbons (Fsp3) is 0.231. The summed E-state index contributed by atoms with van der Waals surface area (Å²) >= 11 is 0. The van der Waals surface area contributed by atoms with Gasteiger partial charge in [-0.2, -0.15) is 0 Å². The second-order valence-corrected chi connectivity index (χ2v) is 8.72. The molecule has 2 N–H and O–H groups in total. The Labute approximate surface area is 194 Å². The number of carboxylic acid groups (broad SMARTS) is 1. The second kappa shape index (κ2) is 7.85. The van der Waals surface area contributed by atoms with Crippen LogP contribution in [0.4, 0.5) is 10.1 Å². The van der Waals surface area contributed by atoms with Gasteiger partial charge >= 0.3 is 5.97 Å². The molecular weight excluding hydrogens is 437 g/mol. The number of ether oxygens (including phenoxy) is 1. The number of nitrogens with one attached hydrogen (secondary N) is 1. The number of aromatic nitrogens is 1. The lowest BCUT2D eigenvalue weighted by atomic mass is 10.0. The smallest absolute Gasteiger partial charge is 0.341 e. The molecule has 1 aromatic heterocycles. The van der Waals surface area contributed by atoms with E-state index in [1.807, 2.05) is 36.4 Å². The van der Waals surface area contributed by atoms with Crippen molar-refractivity contribution in [2.75, 3.05) is 31.5 Å². The number of carboxylic acids is 1. The molecular formula is C26H22FN3O4. The molecule has 3 heterocycles. The predicted octanol–water partition coefficient (Wildman–Crippen LogP) is 4.59. The van der Waals surface area contributed by atoms with Crippen molar-refractivity contribution >= 4 is 33.3 Å². The van der Waals surface area contributed by atoms with E-state index in [1.54, 1.807) is 4.57 Å². The summed E-state index contributed by atoms with van der Waals surface area (Å²) < 4.78 is 23.3. The van der Waals surface area contributed by atoms with Crippen molar-refractivity contribution in [1.29, 1.82) is 0 Å². The molecule has 8 heteroatoms. The Morgan fingerprint density at radius 2 is 1.88 bits per heavy atom. The van der Waals surface area contributed by atoms with Gasteiger partial charge in [0.1, 0.15) is 16.8 Å². The lowest BCUT2D eigenvalue weighted by Gasteiger charge is -2.27. The first kappa shape index (κ1) is 20.7. The van der Waals surface area contributed by atoms with Crippen LogP contribution in [0.25, 0.3) is 27.4 Å². The molecule has 1 saturated heterocycles. The Kier molecular flexibility index (Phi) is 4.77. The van der Waals surface area contributed by atoms with Gasteiger partial charge in [0, 0.05) is 24.7 Å². The minimum atomic E-state index is -1.36. The van der Waals surface area contributed by atoms with Gasteiger partial charge in [0.2, 0.25) is 5.43 Å². The average Bonchev–Trinajstić information content (AvgIpc) is 3.35. The molecule has 0 unspecified atom stereocenters. The Morgan fingerprint density at radius 1 is 1.09 bits per heavy atom. The fourth-order valence-corrected chi connectivity index (χ4v) is 5.01. The lowest BCUT2D eigenvalue weighted by molar-refractivity contribution is 0.0695. The molecule has 7 nitrogen and oxygen atoms in total. The van der Waals surface area contributed by atoms with Crippen LogP contribution in [-0.4, -0.2) is 46.7 Å². The van der Waals surface area contributed by atoms with Gasteiger partial charge in [0.15, 0.2) is 17.3 Å². The van der Waals surface area contributed by atoms with Crippen molar-refractivity contribution in [3.8, 4) is 17.2 Å². The maximum Gasteiger partial charge on any atom is 0.341 e. The van der Waals surface area contributed by atoms with Crippen molar-refractivity contribution < 1.29 is 19.0 Å². The average molecular weight is 459 g/mol. The highest BCUT2D eigenvalue weighted by Gasteiger charge is 2.29. The minimum Gasteiger partial charge on any atom is -0.477 e. The van der Waals surface area contributed by atoms with E-state index in [9.17, 15) is 14.7 Å². The van der Waals surface area contributed by atoms with E-state index in [1.165, 1.54) is 19.0 Å². The SMILES string of the molecule is O=C(O)c1cn2c3c(c(NCCN4CCCC4)c(F)cc3c1=O)Oc1c-2ccc2ccccc12. The third-order valence-electron chi connectivity index (χ3n) is 6.68. The molecule has 0 radical (unpaired) electrons. The standard InChI is InChI=1S/C26H22FN3O4/c27-19-13-17-22-25(21(19)28-9-12-29-10-3-4-11-29)34-24-16-6-2-1-5-15(16)7-8-20(24)30(22)14-18(23(17)31)26(32)33/h1-2,5-8,13-14,28H,3-4,9-12H2,(H,32,33). The minimum absolute atomic E-state index is 0.0312. The normalized spacial score (nSPS) is 14.9. The van der Waals surface area contributed by atoms with E-state index < -0.39 is 22.8 Å². The summed E-state index contributed by atoms with van der Waals surface area (Å²) in [6.07, 6.45) is 3.64. The molecule has 1 fully saturated rings. The molecule has 3 aromatic carbocycles. The fourth-order valence-electron chi connectivity index (χ4n) is 5.01. The topological polar surface area (TPSA) is 83.8 Å². The molecule has 0 aliphatic carbocycles. The number of hydrogen-bond donors (Lipinski definition) is 2. The van der Waals surface area contributed by atoms with Crippen molar-refractivity contribution in [3.63, 3.8) is 0 Å². The van der Waals surface area contributed by atoms with Gasteiger partial charge < -0.3 is 24.6 Å². The molecule has 6 rings (SSSR count). The molecule has 0 atom stereocenters. The maximum absolute atomic E-state index is 15.4. The number of halogens is 1. The summed E-state index contributed by atoms with van der Waals surface area (Å²) in [4.78, 5) is 27.1. The van der Waals surface area contributed by atoms with Gasteiger partial charge in [-0.25, -0.2) is 9.18 Å². The van der Waals surface area contributed by atoms with Crippen LogP contribution < -0.4 is 15.5 Å². The molecule has 2 aliphatic heterocycles. The van der Waals surface area contributed by atoms with E-state index in [2.05, 4.69) is 10.2 Å². The molecule has 0 saturated carbocycles. The van der Waals surface area contributed by atoms with Crippen LogP contribution in [0.5, 0.6) is 11.5 Å². The van der Waals surface area contributed by atoms with Gasteiger partial charge in [-0.1, -0.05) is 30.3 Å². The highest BCUT2D eigenvalue weighted by Crippen LogP contribution is 2.47. The Morgan fingerprint density at radius 3 is 2.68 bits per heavy atom. The number of benzene rings is 3. The summed E-state index contributed by atoms with van der Waals surface area (Å²) in [5, 5.41) is 14.5. The number of fused-ring (bicyclic) bond motifs is 4. The Bertz CT molecular complexity index is 1540. The van der Waals surface area contributed by atoms with Crippen LogP contribution in [0.2, 0.25) is 0 Å². The zero-order valence-electron chi connectivity index (χ0n) is 18.3. The molecule has 0 bridgehead atoms. The number of pyridine rings is 1. The highest BCUT2D eigenvalue weighted by molar-refractivity contribution is 6.01. The maximum atomic E-state index is 15.4. The lowest BCUT2D eigenvalue weighted by Crippen LogP contribution is -2.26. The van der Waals surface area contributed by atoms with Crippen LogP contribution >= 0.6 is 0 Å². The molecule has 4 aromatic rings. The highest BCUT2D eigenvalue weighted by atomic mass is 19.1. The molecule has 2 aliphatic rings. The van der Waals surface area contributed by atoms with Crippen LogP contribution in [0.15, 0.2) is 53.5 Å². The molecule has 0 spiro atoms. The third-order valence-corrected chi connectivity index (χ3v) is 6.68. The van der Waals surface area contributed by atoms with E-state index in [0.717, 1.165) is 36.5 Å². The van der Waals surface area contributed by atoms with E-state index in [0.29, 0.717) is 23.5 Å². The first-order chi connectivity index (χ1) is 16.5. The van der Waals surface area contributed by atoms with Crippen LogP contribution in [0, 0.1) is 5.82 Å². The van der Waals surface area contributed by atoms with E-state index in [-0.39, 0.29) is 16.8 Å². The zero-order valence-corrected chi connectivity index (χ0v) is 18.3. The number of aromatic carboxylic acids is 1. The number of rotatable bonds is 5. The quantitative estimate of drug-likeness (QED) is 0.400. The van der Waals surface area contributed by atoms with Crippen molar-refractivity contribution in [1.82, 2.24) is 9.47 Å². The van der Waals surface area contributed by atoms with Crippen LogP contribution in [0.3, 0.4) is 0 Å². The zero-order chi connectivity index (χ0) is 23.4. The van der Waals surface area contributed by atoms with Gasteiger partial charge in [0.25, 0.3) is 0 Å². The van der Waals surface area contributed by atoms with Crippen molar-refractivity contribution in [2.45, 2.75) is 12.8 Å². The first-order valence-electron chi connectivity index (χ1n) is 11.3. The number of nitrogens with zero attached hydrogens (tertiary/aromatic N) is 2. The summed E-state index contributed by atoms with van der Waals surface area (Å²) in [5.74, 6) is -1.34. The van der Waals surface area contributed by atoms with Crippen LogP contribution in [0.1, 0.15) is 23.2 Å². The first-order valence-corrected chi connectivity index (χ1v) is 11.3. The second-order valence-electron chi connectivity index (χ2n) is 8.72. The predicted molar refractivity (Wildman–Crippen MR) is 128 cm³/mol. The van der Waals surface area contributed by atoms with Gasteiger partial charge in [0.05, 0.1) is 11.1 Å². The summed E-state index contributed by atoms with van der Waals surface area (Å²) in [6.45, 7) is 3.34. The van der Waals surface area contributed by atoms with Gasteiger partial charge in [-0.05, 0) is 43.5 Å². The summed E-state index contributed by atoms with van der Waals surface area (Å²) in [6, 6.07) is 12.5. The number of carbonyl (C=O) groups is 1. The van der Waals surface area contributed by atoms with Crippen molar-refractivity contribution in [3.05, 3.63) is 70.3 Å². The molecule has 172 valence electrons. The number of anilines is 1. The Balaban J connectivity index is 1.58.